The van der Waals surface area contributed by atoms with E-state index in [0.717, 1.165) is 10.8 Å². The largest absolute Gasteiger partial charge is 0.294 e. The van der Waals surface area contributed by atoms with Crippen molar-refractivity contribution in [3.05, 3.63) is 41.2 Å². The summed E-state index contributed by atoms with van der Waals surface area (Å²) in [6.45, 7) is 1.51. The average molecular weight is 206 g/mol. The van der Waals surface area contributed by atoms with E-state index in [1.807, 2.05) is 6.07 Å². The smallest absolute Gasteiger partial charge is 0.161 e. The molecule has 70 valence electrons. The Kier molecular flexibility index (Phi) is 2.22. The number of carbonyl (C=O) groups excluding carboxylic acids is 1. The number of rotatable bonds is 1. The number of benzene rings is 1. The number of carbonyl (C=O) groups is 1. The van der Waals surface area contributed by atoms with Gasteiger partial charge in [-0.2, -0.15) is 0 Å². The van der Waals surface area contributed by atoms with Gasteiger partial charge in [-0.15, -0.1) is 0 Å². The minimum Gasteiger partial charge on any atom is -0.294 e. The monoisotopic (exact) mass is 205 g/mol. The molecule has 14 heavy (non-hydrogen) atoms. The molecule has 0 aliphatic carbocycles. The predicted molar refractivity (Wildman–Crippen MR) is 56.8 cm³/mol. The summed E-state index contributed by atoms with van der Waals surface area (Å²) >= 11 is 5.96. The summed E-state index contributed by atoms with van der Waals surface area (Å²) in [4.78, 5) is 15.4. The van der Waals surface area contributed by atoms with Crippen molar-refractivity contribution in [3.63, 3.8) is 0 Å². The molecule has 1 aromatic heterocycles. The van der Waals surface area contributed by atoms with E-state index in [-0.39, 0.29) is 5.78 Å². The molecule has 0 atom stereocenters. The van der Waals surface area contributed by atoms with Gasteiger partial charge in [0.15, 0.2) is 5.78 Å². The number of nitrogens with zero attached hydrogens (tertiary/aromatic N) is 1. The molecule has 0 aliphatic heterocycles. The van der Waals surface area contributed by atoms with Gasteiger partial charge in [0.25, 0.3) is 0 Å². The van der Waals surface area contributed by atoms with Crippen molar-refractivity contribution in [1.82, 2.24) is 4.98 Å². The number of aromatic nitrogens is 1. The molecule has 0 bridgehead atoms. The molecule has 0 radical (unpaired) electrons. The van der Waals surface area contributed by atoms with Gasteiger partial charge in [-0.25, -0.2) is 0 Å². The third-order valence-corrected chi connectivity index (χ3v) is 2.44. The van der Waals surface area contributed by atoms with Gasteiger partial charge in [0, 0.05) is 23.3 Å². The van der Waals surface area contributed by atoms with E-state index in [0.29, 0.717) is 10.6 Å². The zero-order valence-electron chi connectivity index (χ0n) is 7.62. The van der Waals surface area contributed by atoms with Crippen LogP contribution in [0.3, 0.4) is 0 Å². The van der Waals surface area contributed by atoms with Crippen molar-refractivity contribution in [1.29, 1.82) is 0 Å². The number of pyridine rings is 1. The lowest BCUT2D eigenvalue weighted by molar-refractivity contribution is 0.101. The van der Waals surface area contributed by atoms with E-state index < -0.39 is 0 Å². The number of halogens is 1. The summed E-state index contributed by atoms with van der Waals surface area (Å²) < 4.78 is 0. The van der Waals surface area contributed by atoms with Crippen LogP contribution in [0.25, 0.3) is 10.8 Å². The topological polar surface area (TPSA) is 30.0 Å². The molecule has 1 heterocycles. The van der Waals surface area contributed by atoms with Crippen molar-refractivity contribution >= 4 is 28.2 Å². The van der Waals surface area contributed by atoms with E-state index in [4.69, 9.17) is 11.6 Å². The van der Waals surface area contributed by atoms with Crippen LogP contribution in [0.2, 0.25) is 5.02 Å². The van der Waals surface area contributed by atoms with E-state index in [1.165, 1.54) is 6.92 Å². The predicted octanol–water partition coefficient (Wildman–Crippen LogP) is 3.09. The van der Waals surface area contributed by atoms with Crippen LogP contribution >= 0.6 is 11.6 Å². The van der Waals surface area contributed by atoms with E-state index >= 15 is 0 Å². The molecule has 2 aromatic rings. The Morgan fingerprint density at radius 3 is 2.86 bits per heavy atom. The molecule has 0 spiro atoms. The minimum absolute atomic E-state index is 0.0215. The number of fused-ring (bicyclic) bond motifs is 1. The Morgan fingerprint density at radius 2 is 2.14 bits per heavy atom. The molecular weight excluding hydrogens is 198 g/mol. The maximum atomic E-state index is 11.4. The molecule has 0 fully saturated rings. The Balaban J connectivity index is 2.90. The van der Waals surface area contributed by atoms with Crippen LogP contribution in [0.4, 0.5) is 0 Å². The van der Waals surface area contributed by atoms with Crippen LogP contribution in [0.1, 0.15) is 17.3 Å². The maximum absolute atomic E-state index is 11.4. The third kappa shape index (κ3) is 1.38. The fraction of sp³-hybridized carbons (Fsp3) is 0.0909. The molecule has 0 aliphatic rings. The lowest BCUT2D eigenvalue weighted by Gasteiger charge is -2.04. The lowest BCUT2D eigenvalue weighted by atomic mass is 10.0. The summed E-state index contributed by atoms with van der Waals surface area (Å²) in [6, 6.07) is 5.39. The normalized spacial score (nSPS) is 10.4. The molecule has 0 unspecified atom stereocenters. The first kappa shape index (κ1) is 9.16. The first-order chi connectivity index (χ1) is 6.70. The molecule has 0 saturated heterocycles. The van der Waals surface area contributed by atoms with Gasteiger partial charge < -0.3 is 0 Å². The minimum atomic E-state index is -0.0215. The maximum Gasteiger partial charge on any atom is 0.161 e. The lowest BCUT2D eigenvalue weighted by Crippen LogP contribution is -1.95. The van der Waals surface area contributed by atoms with Gasteiger partial charge >= 0.3 is 0 Å². The summed E-state index contributed by atoms with van der Waals surface area (Å²) in [6.07, 6.45) is 3.38. The second kappa shape index (κ2) is 3.39. The number of ketones is 1. The molecule has 3 heteroatoms. The molecule has 2 nitrogen and oxygen atoms in total. The zero-order valence-corrected chi connectivity index (χ0v) is 8.38. The van der Waals surface area contributed by atoms with Gasteiger partial charge in [-0.1, -0.05) is 17.7 Å². The molecule has 0 N–H and O–H groups in total. The number of hydrogen-bond acceptors (Lipinski definition) is 2. The summed E-state index contributed by atoms with van der Waals surface area (Å²) in [5.74, 6) is -0.0215. The van der Waals surface area contributed by atoms with Crippen LogP contribution in [-0.2, 0) is 0 Å². The van der Waals surface area contributed by atoms with Crippen molar-refractivity contribution in [2.45, 2.75) is 6.92 Å². The standard InChI is InChI=1S/C11H8ClNO/c1-7(14)11-9-4-5-13-6-8(9)2-3-10(11)12/h2-6H,1H3. The van der Waals surface area contributed by atoms with Crippen molar-refractivity contribution in [2.75, 3.05) is 0 Å². The Morgan fingerprint density at radius 1 is 1.36 bits per heavy atom. The van der Waals surface area contributed by atoms with Gasteiger partial charge in [0.1, 0.15) is 0 Å². The van der Waals surface area contributed by atoms with Gasteiger partial charge in [-0.05, 0) is 24.4 Å². The highest BCUT2D eigenvalue weighted by molar-refractivity contribution is 6.35. The van der Waals surface area contributed by atoms with Gasteiger partial charge in [0.2, 0.25) is 0 Å². The second-order valence-corrected chi connectivity index (χ2v) is 3.48. The second-order valence-electron chi connectivity index (χ2n) is 3.08. The fourth-order valence-electron chi connectivity index (χ4n) is 1.50. The highest BCUT2D eigenvalue weighted by atomic mass is 35.5. The highest BCUT2D eigenvalue weighted by Crippen LogP contribution is 2.25. The Labute approximate surface area is 86.5 Å². The zero-order chi connectivity index (χ0) is 10.1. The van der Waals surface area contributed by atoms with E-state index in [2.05, 4.69) is 4.98 Å². The SMILES string of the molecule is CC(=O)c1c(Cl)ccc2cnccc12. The first-order valence-corrected chi connectivity index (χ1v) is 4.61. The van der Waals surface area contributed by atoms with Crippen LogP contribution in [0, 0.1) is 0 Å². The Hall–Kier alpha value is -1.41. The molecular formula is C11H8ClNO. The summed E-state index contributed by atoms with van der Waals surface area (Å²) in [5, 5.41) is 2.29. The summed E-state index contributed by atoms with van der Waals surface area (Å²) in [5.41, 5.74) is 0.576. The summed E-state index contributed by atoms with van der Waals surface area (Å²) in [7, 11) is 0. The van der Waals surface area contributed by atoms with Crippen molar-refractivity contribution in [3.8, 4) is 0 Å². The van der Waals surface area contributed by atoms with Crippen LogP contribution in [-0.4, -0.2) is 10.8 Å². The van der Waals surface area contributed by atoms with E-state index in [1.54, 1.807) is 24.5 Å². The molecule has 1 aromatic carbocycles. The van der Waals surface area contributed by atoms with Gasteiger partial charge in [-0.3, -0.25) is 9.78 Å². The molecule has 0 saturated carbocycles. The van der Waals surface area contributed by atoms with E-state index in [9.17, 15) is 4.79 Å². The van der Waals surface area contributed by atoms with Crippen LogP contribution < -0.4 is 0 Å². The molecule has 2 rings (SSSR count). The highest BCUT2D eigenvalue weighted by Gasteiger charge is 2.09. The fourth-order valence-corrected chi connectivity index (χ4v) is 1.80. The van der Waals surface area contributed by atoms with Crippen molar-refractivity contribution in [2.24, 2.45) is 0 Å². The number of hydrogen-bond donors (Lipinski definition) is 0. The van der Waals surface area contributed by atoms with Crippen LogP contribution in [0.5, 0.6) is 0 Å². The average Bonchev–Trinajstić information content (AvgIpc) is 2.17. The first-order valence-electron chi connectivity index (χ1n) is 4.23. The van der Waals surface area contributed by atoms with Gasteiger partial charge in [0.05, 0.1) is 5.02 Å². The molecule has 0 amide bonds. The quantitative estimate of drug-likeness (QED) is 0.670. The third-order valence-electron chi connectivity index (χ3n) is 2.12. The Bertz CT molecular complexity index is 508. The van der Waals surface area contributed by atoms with Crippen LogP contribution in [0.15, 0.2) is 30.6 Å². The van der Waals surface area contributed by atoms with Crippen molar-refractivity contribution < 1.29 is 4.79 Å². The number of Topliss-reactive ketones (excluding diaryl/α,β-unsaturated/α-hetero) is 1.